The van der Waals surface area contributed by atoms with E-state index in [-0.39, 0.29) is 28.3 Å². The number of fused-ring (bicyclic) bond motifs is 7. The Labute approximate surface area is 199 Å². The number of hydrogen-bond acceptors (Lipinski definition) is 6. The minimum Gasteiger partial charge on any atom is -0.324 e. The number of benzene rings is 2. The topological polar surface area (TPSA) is 113 Å². The van der Waals surface area contributed by atoms with Crippen molar-refractivity contribution in [3.8, 4) is 0 Å². The highest BCUT2D eigenvalue weighted by Crippen LogP contribution is 2.61. The Morgan fingerprint density at radius 3 is 2.65 bits per heavy atom. The number of carbonyl (C=O) groups is 3. The molecule has 1 N–H and O–H groups in total. The van der Waals surface area contributed by atoms with Crippen molar-refractivity contribution in [2.45, 2.75) is 38.3 Å². The van der Waals surface area contributed by atoms with Crippen LogP contribution in [-0.4, -0.2) is 40.1 Å². The molecule has 4 aliphatic rings. The summed E-state index contributed by atoms with van der Waals surface area (Å²) < 4.78 is 0. The number of rotatable bonds is 2. The molecule has 3 saturated heterocycles. The molecule has 0 radical (unpaired) electrons. The monoisotopic (exact) mass is 480 g/mol. The fourth-order valence-electron chi connectivity index (χ4n) is 6.69. The molecule has 6 rings (SSSR count). The van der Waals surface area contributed by atoms with Gasteiger partial charge in [-0.2, -0.15) is 0 Å². The number of nitrogens with zero attached hydrogens (tertiary/aromatic N) is 3. The van der Waals surface area contributed by atoms with Gasteiger partial charge in [0, 0.05) is 23.4 Å². The molecule has 10 heteroatoms. The van der Waals surface area contributed by atoms with E-state index in [4.69, 9.17) is 11.6 Å². The van der Waals surface area contributed by atoms with Crippen LogP contribution in [0.3, 0.4) is 0 Å². The molecule has 0 bridgehead atoms. The van der Waals surface area contributed by atoms with Gasteiger partial charge < -0.3 is 5.32 Å². The Bertz CT molecular complexity index is 1340. The molecular formula is C24H21ClN4O5. The quantitative estimate of drug-likeness (QED) is 0.401. The molecule has 174 valence electrons. The minimum absolute atomic E-state index is 0.0819. The molecule has 0 unspecified atom stereocenters. The lowest BCUT2D eigenvalue weighted by Gasteiger charge is -2.36. The van der Waals surface area contributed by atoms with Gasteiger partial charge in [-0.1, -0.05) is 29.3 Å². The maximum absolute atomic E-state index is 14.0. The number of anilines is 2. The van der Waals surface area contributed by atoms with Gasteiger partial charge in [0.2, 0.25) is 17.7 Å². The van der Waals surface area contributed by atoms with Gasteiger partial charge in [0.05, 0.1) is 22.4 Å². The van der Waals surface area contributed by atoms with Gasteiger partial charge in [-0.05, 0) is 50.9 Å². The van der Waals surface area contributed by atoms with Crippen molar-refractivity contribution >= 4 is 46.4 Å². The summed E-state index contributed by atoms with van der Waals surface area (Å²) in [7, 11) is 0. The van der Waals surface area contributed by atoms with Crippen LogP contribution < -0.4 is 10.2 Å². The first-order valence-corrected chi connectivity index (χ1v) is 11.6. The second-order valence-electron chi connectivity index (χ2n) is 9.54. The van der Waals surface area contributed by atoms with Crippen molar-refractivity contribution in [3.63, 3.8) is 0 Å². The van der Waals surface area contributed by atoms with Crippen molar-refractivity contribution in [2.75, 3.05) is 16.8 Å². The molecule has 3 fully saturated rings. The second-order valence-corrected chi connectivity index (χ2v) is 9.94. The SMILES string of the molecule is Cc1cc(C)c2c(c1)[C@]1(C(=O)N2)[C@H]2C(=O)N(c3ccc(Cl)c([N+](=O)[O-])c3)C(=O)[C@@H]2[C@H]2CCCN21. The number of halogens is 1. The Morgan fingerprint density at radius 2 is 1.91 bits per heavy atom. The summed E-state index contributed by atoms with van der Waals surface area (Å²) >= 11 is 5.95. The Balaban J connectivity index is 1.55. The van der Waals surface area contributed by atoms with E-state index in [1.165, 1.54) is 12.1 Å². The van der Waals surface area contributed by atoms with E-state index < -0.39 is 34.1 Å². The first kappa shape index (κ1) is 21.2. The van der Waals surface area contributed by atoms with Gasteiger partial charge in [-0.25, -0.2) is 4.90 Å². The zero-order valence-electron chi connectivity index (χ0n) is 18.5. The molecule has 9 nitrogen and oxygen atoms in total. The fraction of sp³-hybridized carbons (Fsp3) is 0.375. The normalized spacial score (nSPS) is 29.6. The number of nitro groups is 1. The van der Waals surface area contributed by atoms with E-state index in [0.717, 1.165) is 34.1 Å². The smallest absolute Gasteiger partial charge is 0.289 e. The molecule has 0 saturated carbocycles. The lowest BCUT2D eigenvalue weighted by atomic mass is 9.75. The third-order valence-corrected chi connectivity index (χ3v) is 8.15. The Morgan fingerprint density at radius 1 is 1.15 bits per heavy atom. The average Bonchev–Trinajstić information content (AvgIpc) is 3.48. The standard InChI is InChI=1S/C24H21ClN4O5/c1-11-8-12(2)20-14(9-11)24(23(32)26-20)19-18(16-4-3-7-27(16)24)21(30)28(22(19)31)13-5-6-15(25)17(10-13)29(33)34/h5-6,8-10,16,18-19H,3-4,7H2,1-2H3,(H,26,32)/t16-,18-,19-,24-/m1/s1. The summed E-state index contributed by atoms with van der Waals surface area (Å²) in [5.41, 5.74) is 1.73. The summed E-state index contributed by atoms with van der Waals surface area (Å²) in [6.07, 6.45) is 1.51. The molecule has 3 amide bonds. The number of nitrogens with one attached hydrogen (secondary N) is 1. The molecule has 4 atom stereocenters. The third kappa shape index (κ3) is 2.40. The fourth-order valence-corrected chi connectivity index (χ4v) is 6.88. The molecule has 1 spiro atoms. The van der Waals surface area contributed by atoms with Crippen LogP contribution in [0.15, 0.2) is 30.3 Å². The van der Waals surface area contributed by atoms with E-state index in [0.29, 0.717) is 18.7 Å². The van der Waals surface area contributed by atoms with E-state index in [1.54, 1.807) is 0 Å². The van der Waals surface area contributed by atoms with E-state index >= 15 is 0 Å². The van der Waals surface area contributed by atoms with Gasteiger partial charge in [0.1, 0.15) is 10.6 Å². The number of imide groups is 1. The van der Waals surface area contributed by atoms with Crippen LogP contribution in [0.4, 0.5) is 17.1 Å². The van der Waals surface area contributed by atoms with Crippen LogP contribution in [0, 0.1) is 35.8 Å². The predicted molar refractivity (Wildman–Crippen MR) is 124 cm³/mol. The number of aryl methyl sites for hydroxylation is 2. The van der Waals surface area contributed by atoms with Crippen molar-refractivity contribution < 1.29 is 19.3 Å². The summed E-state index contributed by atoms with van der Waals surface area (Å²) in [6.45, 7) is 4.47. The molecular weight excluding hydrogens is 460 g/mol. The van der Waals surface area contributed by atoms with Gasteiger partial charge in [0.15, 0.2) is 0 Å². The average molecular weight is 481 g/mol. The lowest BCUT2D eigenvalue weighted by molar-refractivity contribution is -0.384. The van der Waals surface area contributed by atoms with Crippen molar-refractivity contribution in [1.29, 1.82) is 0 Å². The highest BCUT2D eigenvalue weighted by atomic mass is 35.5. The maximum Gasteiger partial charge on any atom is 0.289 e. The van der Waals surface area contributed by atoms with Crippen molar-refractivity contribution in [3.05, 3.63) is 62.2 Å². The predicted octanol–water partition coefficient (Wildman–Crippen LogP) is 3.30. The summed E-state index contributed by atoms with van der Waals surface area (Å²) in [5.74, 6) is -2.85. The highest BCUT2D eigenvalue weighted by molar-refractivity contribution is 6.33. The molecule has 4 heterocycles. The van der Waals surface area contributed by atoms with E-state index in [2.05, 4.69) is 10.2 Å². The Hall–Kier alpha value is -3.30. The first-order chi connectivity index (χ1) is 16.2. The second kappa shape index (κ2) is 6.86. The molecule has 0 aliphatic carbocycles. The first-order valence-electron chi connectivity index (χ1n) is 11.2. The zero-order valence-corrected chi connectivity index (χ0v) is 19.3. The molecule has 4 aliphatic heterocycles. The zero-order chi connectivity index (χ0) is 24.1. The third-order valence-electron chi connectivity index (χ3n) is 7.83. The lowest BCUT2D eigenvalue weighted by Crippen LogP contribution is -2.54. The number of hydrogen-bond donors (Lipinski definition) is 1. The summed E-state index contributed by atoms with van der Waals surface area (Å²) in [5, 5.41) is 14.3. The highest BCUT2D eigenvalue weighted by Gasteiger charge is 2.74. The van der Waals surface area contributed by atoms with Gasteiger partial charge in [0.25, 0.3) is 5.69 Å². The van der Waals surface area contributed by atoms with Crippen LogP contribution in [0.2, 0.25) is 5.02 Å². The summed E-state index contributed by atoms with van der Waals surface area (Å²) in [6, 6.07) is 7.55. The molecule has 2 aromatic rings. The van der Waals surface area contributed by atoms with Crippen molar-refractivity contribution in [1.82, 2.24) is 4.90 Å². The van der Waals surface area contributed by atoms with E-state index in [9.17, 15) is 24.5 Å². The molecule has 34 heavy (non-hydrogen) atoms. The van der Waals surface area contributed by atoms with Gasteiger partial charge in [-0.3, -0.25) is 29.4 Å². The van der Waals surface area contributed by atoms with Gasteiger partial charge >= 0.3 is 0 Å². The largest absolute Gasteiger partial charge is 0.324 e. The van der Waals surface area contributed by atoms with Crippen molar-refractivity contribution in [2.24, 2.45) is 11.8 Å². The van der Waals surface area contributed by atoms with Crippen LogP contribution in [0.1, 0.15) is 29.5 Å². The van der Waals surface area contributed by atoms with Gasteiger partial charge in [-0.15, -0.1) is 0 Å². The number of nitro benzene ring substituents is 1. The molecule has 2 aromatic carbocycles. The van der Waals surface area contributed by atoms with Crippen LogP contribution >= 0.6 is 11.6 Å². The van der Waals surface area contributed by atoms with Crippen LogP contribution in [0.25, 0.3) is 0 Å². The maximum atomic E-state index is 14.0. The van der Waals surface area contributed by atoms with Crippen LogP contribution in [0.5, 0.6) is 0 Å². The number of amides is 3. The minimum atomic E-state index is -1.28. The summed E-state index contributed by atoms with van der Waals surface area (Å²) in [4.78, 5) is 55.3. The van der Waals surface area contributed by atoms with E-state index in [1.807, 2.05) is 26.0 Å². The number of carbonyl (C=O) groups excluding carboxylic acids is 3. The molecule has 0 aromatic heterocycles. The van der Waals surface area contributed by atoms with Crippen LogP contribution in [-0.2, 0) is 19.9 Å². The Kier molecular flexibility index (Phi) is 4.29.